The average molecular weight is 420 g/mol. The smallest absolute Gasteiger partial charge is 0.256 e. The van der Waals surface area contributed by atoms with Crippen molar-refractivity contribution in [3.8, 4) is 0 Å². The largest absolute Gasteiger partial charge is 0.350 e. The molecule has 4 N–H and O–H groups in total. The van der Waals surface area contributed by atoms with Gasteiger partial charge >= 0.3 is 0 Å². The fraction of sp³-hybridized carbons (Fsp3) is 0.429. The maximum Gasteiger partial charge on any atom is 0.256 e. The average Bonchev–Trinajstić information content (AvgIpc) is 3.45. The van der Waals surface area contributed by atoms with Gasteiger partial charge in [-0.3, -0.25) is 9.59 Å². The van der Waals surface area contributed by atoms with Crippen LogP contribution in [-0.2, 0) is 12.8 Å². The Morgan fingerprint density at radius 3 is 2.61 bits per heavy atom. The molecule has 0 spiro atoms. The Hall–Kier alpha value is -1.89. The summed E-state index contributed by atoms with van der Waals surface area (Å²) < 4.78 is 0. The second kappa shape index (κ2) is 9.07. The van der Waals surface area contributed by atoms with Crippen molar-refractivity contribution < 1.29 is 9.59 Å². The van der Waals surface area contributed by atoms with Crippen molar-refractivity contribution in [1.82, 2.24) is 5.32 Å². The van der Waals surface area contributed by atoms with E-state index in [1.54, 1.807) is 6.07 Å². The third-order valence-electron chi connectivity index (χ3n) is 5.47. The number of fused-ring (bicyclic) bond motifs is 1. The summed E-state index contributed by atoms with van der Waals surface area (Å²) in [7, 11) is 0. The van der Waals surface area contributed by atoms with Gasteiger partial charge in [-0.2, -0.15) is 0 Å². The van der Waals surface area contributed by atoms with Gasteiger partial charge in [0.05, 0.1) is 5.56 Å². The van der Waals surface area contributed by atoms with Gasteiger partial charge in [0, 0.05) is 18.2 Å². The second-order valence-electron chi connectivity index (χ2n) is 7.52. The number of halogens is 1. The van der Waals surface area contributed by atoms with E-state index in [1.807, 2.05) is 17.5 Å². The Morgan fingerprint density at radius 1 is 1.11 bits per heavy atom. The van der Waals surface area contributed by atoms with Crippen LogP contribution < -0.4 is 16.4 Å². The summed E-state index contributed by atoms with van der Waals surface area (Å²) >= 11 is 1.36. The van der Waals surface area contributed by atoms with E-state index >= 15 is 0 Å². The maximum atomic E-state index is 12.7. The van der Waals surface area contributed by atoms with E-state index in [-0.39, 0.29) is 30.3 Å². The van der Waals surface area contributed by atoms with E-state index in [2.05, 4.69) is 16.7 Å². The molecule has 150 valence electrons. The zero-order chi connectivity index (χ0) is 18.8. The molecule has 0 radical (unpaired) electrons. The summed E-state index contributed by atoms with van der Waals surface area (Å²) in [4.78, 5) is 25.2. The van der Waals surface area contributed by atoms with Gasteiger partial charge < -0.3 is 16.4 Å². The first-order valence-corrected chi connectivity index (χ1v) is 10.5. The van der Waals surface area contributed by atoms with E-state index < -0.39 is 0 Å². The molecule has 7 heteroatoms. The Kier molecular flexibility index (Phi) is 6.75. The predicted molar refractivity (Wildman–Crippen MR) is 116 cm³/mol. The number of amides is 2. The molecule has 1 aromatic carbocycles. The third-order valence-corrected chi connectivity index (χ3v) is 6.30. The van der Waals surface area contributed by atoms with Gasteiger partial charge in [-0.1, -0.05) is 6.07 Å². The van der Waals surface area contributed by atoms with Gasteiger partial charge in [0.25, 0.3) is 11.8 Å². The van der Waals surface area contributed by atoms with Crippen LogP contribution in [0.25, 0.3) is 0 Å². The molecule has 1 atom stereocenters. The molecule has 0 bridgehead atoms. The van der Waals surface area contributed by atoms with Gasteiger partial charge in [0.2, 0.25) is 0 Å². The van der Waals surface area contributed by atoms with Crippen LogP contribution in [0.3, 0.4) is 0 Å². The van der Waals surface area contributed by atoms with Crippen LogP contribution >= 0.6 is 23.7 Å². The SMILES string of the molecule is Cl.NC(CNC(=O)c1ccsc1NC(=O)c1ccc2c(c1)CCCC2)C1CC1. The molecule has 2 aliphatic carbocycles. The van der Waals surface area contributed by atoms with Gasteiger partial charge in [-0.25, -0.2) is 0 Å². The highest BCUT2D eigenvalue weighted by Crippen LogP contribution is 2.31. The van der Waals surface area contributed by atoms with Gasteiger partial charge in [-0.05, 0) is 79.1 Å². The summed E-state index contributed by atoms with van der Waals surface area (Å²) in [5.74, 6) is 0.179. The van der Waals surface area contributed by atoms with Crippen LogP contribution in [0, 0.1) is 5.92 Å². The van der Waals surface area contributed by atoms with Crippen molar-refractivity contribution in [1.29, 1.82) is 0 Å². The normalized spacial score (nSPS) is 16.5. The number of nitrogens with two attached hydrogens (primary N) is 1. The van der Waals surface area contributed by atoms with E-state index in [1.165, 1.54) is 35.3 Å². The summed E-state index contributed by atoms with van der Waals surface area (Å²) in [6.45, 7) is 0.470. The number of aryl methyl sites for hydroxylation is 2. The molecule has 1 fully saturated rings. The van der Waals surface area contributed by atoms with E-state index in [9.17, 15) is 9.59 Å². The standard InChI is InChI=1S/C21H25N3O2S.ClH/c22-18(14-6-7-14)12-23-20(26)17-9-10-27-21(17)24-19(25)16-8-5-13-3-1-2-4-15(13)11-16;/h5,8-11,14,18H,1-4,6-7,12,22H2,(H,23,26)(H,24,25);1H. The Balaban J connectivity index is 0.00000225. The molecule has 0 aliphatic heterocycles. The Morgan fingerprint density at radius 2 is 1.86 bits per heavy atom. The third kappa shape index (κ3) is 4.74. The molecular formula is C21H26ClN3O2S. The number of carbonyl (C=O) groups is 2. The minimum Gasteiger partial charge on any atom is -0.350 e. The molecule has 2 aliphatic rings. The van der Waals surface area contributed by atoms with Crippen molar-refractivity contribution in [2.75, 3.05) is 11.9 Å². The van der Waals surface area contributed by atoms with Gasteiger partial charge in [0.15, 0.2) is 0 Å². The van der Waals surface area contributed by atoms with Crippen LogP contribution in [0.1, 0.15) is 57.5 Å². The summed E-state index contributed by atoms with van der Waals surface area (Å²) in [6.07, 6.45) is 6.82. The lowest BCUT2D eigenvalue weighted by molar-refractivity contribution is 0.0951. The van der Waals surface area contributed by atoms with Crippen molar-refractivity contribution in [2.45, 2.75) is 44.6 Å². The maximum absolute atomic E-state index is 12.7. The summed E-state index contributed by atoms with van der Waals surface area (Å²) in [6, 6.07) is 7.68. The highest BCUT2D eigenvalue weighted by Gasteiger charge is 2.28. The van der Waals surface area contributed by atoms with Crippen LogP contribution in [0.5, 0.6) is 0 Å². The fourth-order valence-corrected chi connectivity index (χ4v) is 4.41. The second-order valence-corrected chi connectivity index (χ2v) is 8.44. The lowest BCUT2D eigenvalue weighted by Gasteiger charge is -2.16. The molecule has 5 nitrogen and oxygen atoms in total. The van der Waals surface area contributed by atoms with E-state index in [0.717, 1.165) is 25.7 Å². The van der Waals surface area contributed by atoms with Crippen LogP contribution in [0.4, 0.5) is 5.00 Å². The Bertz CT molecular complexity index is 863. The highest BCUT2D eigenvalue weighted by molar-refractivity contribution is 7.14. The van der Waals surface area contributed by atoms with Crippen LogP contribution in [-0.4, -0.2) is 24.4 Å². The molecule has 1 heterocycles. The number of benzene rings is 1. The molecule has 2 aromatic rings. The fourth-order valence-electron chi connectivity index (χ4n) is 3.63. The van der Waals surface area contributed by atoms with E-state index in [4.69, 9.17) is 5.73 Å². The highest BCUT2D eigenvalue weighted by atomic mass is 35.5. The van der Waals surface area contributed by atoms with Crippen molar-refractivity contribution >= 4 is 40.6 Å². The number of carbonyl (C=O) groups excluding carboxylic acids is 2. The van der Waals surface area contributed by atoms with Gasteiger partial charge in [-0.15, -0.1) is 23.7 Å². The molecular weight excluding hydrogens is 394 g/mol. The van der Waals surface area contributed by atoms with Crippen molar-refractivity contribution in [3.05, 3.63) is 51.9 Å². The van der Waals surface area contributed by atoms with Crippen molar-refractivity contribution in [2.24, 2.45) is 11.7 Å². The minimum absolute atomic E-state index is 0. The lowest BCUT2D eigenvalue weighted by atomic mass is 9.90. The first kappa shape index (κ1) is 20.8. The first-order valence-electron chi connectivity index (χ1n) is 9.66. The van der Waals surface area contributed by atoms with Crippen molar-refractivity contribution in [3.63, 3.8) is 0 Å². The summed E-state index contributed by atoms with van der Waals surface area (Å²) in [5.41, 5.74) is 9.81. The first-order chi connectivity index (χ1) is 13.1. The molecule has 4 rings (SSSR count). The lowest BCUT2D eigenvalue weighted by Crippen LogP contribution is -2.38. The predicted octanol–water partition coefficient (Wildman–Crippen LogP) is 3.77. The topological polar surface area (TPSA) is 84.2 Å². The summed E-state index contributed by atoms with van der Waals surface area (Å²) in [5, 5.41) is 8.19. The molecule has 28 heavy (non-hydrogen) atoms. The Labute approximate surface area is 175 Å². The zero-order valence-electron chi connectivity index (χ0n) is 15.7. The molecule has 1 aromatic heterocycles. The molecule has 1 unspecified atom stereocenters. The van der Waals surface area contributed by atoms with E-state index in [0.29, 0.717) is 28.6 Å². The minimum atomic E-state index is -0.187. The van der Waals surface area contributed by atoms with Crippen LogP contribution in [0.2, 0.25) is 0 Å². The number of thiophene rings is 1. The molecule has 2 amide bonds. The van der Waals surface area contributed by atoms with Gasteiger partial charge in [0.1, 0.15) is 5.00 Å². The number of nitrogens with one attached hydrogen (secondary N) is 2. The monoisotopic (exact) mass is 419 g/mol. The van der Waals surface area contributed by atoms with Crippen LogP contribution in [0.15, 0.2) is 29.6 Å². The molecule has 0 saturated heterocycles. The number of anilines is 1. The number of rotatable bonds is 6. The number of hydrogen-bond donors (Lipinski definition) is 3. The molecule has 1 saturated carbocycles. The number of hydrogen-bond acceptors (Lipinski definition) is 4. The zero-order valence-corrected chi connectivity index (χ0v) is 17.3. The quantitative estimate of drug-likeness (QED) is 0.666.